The first-order valence-corrected chi connectivity index (χ1v) is 9.29. The molecule has 0 spiro atoms. The molecule has 146 valence electrons. The number of para-hydroxylation sites is 1. The second-order valence-corrected chi connectivity index (χ2v) is 6.36. The number of H-pyrrole nitrogens is 1. The summed E-state index contributed by atoms with van der Waals surface area (Å²) in [6.45, 7) is 2.58. The van der Waals surface area contributed by atoms with Crippen LogP contribution in [0.1, 0.15) is 18.3 Å². The maximum atomic E-state index is 6.28. The lowest BCUT2D eigenvalue weighted by Gasteiger charge is -2.11. The molecule has 0 radical (unpaired) electrons. The van der Waals surface area contributed by atoms with Crippen LogP contribution in [0.15, 0.2) is 47.6 Å². The second-order valence-electron chi connectivity index (χ2n) is 5.57. The Morgan fingerprint density at radius 3 is 2.75 bits per heavy atom. The minimum atomic E-state index is 0.210. The minimum Gasteiger partial charge on any atom is -0.491 e. The van der Waals surface area contributed by atoms with Gasteiger partial charge in [0.05, 0.1) is 25.0 Å². The Morgan fingerprint density at radius 1 is 1.25 bits per heavy atom. The maximum absolute atomic E-state index is 6.28. The van der Waals surface area contributed by atoms with E-state index in [0.29, 0.717) is 33.7 Å². The molecule has 1 N–H and O–H groups in total. The molecule has 0 saturated heterocycles. The number of ether oxygens (including phenoxy) is 3. The summed E-state index contributed by atoms with van der Waals surface area (Å²) in [7, 11) is 1.54. The number of hydrogen-bond donors (Lipinski definition) is 1. The fourth-order valence-corrected chi connectivity index (χ4v) is 2.94. The van der Waals surface area contributed by atoms with Crippen molar-refractivity contribution >= 4 is 30.0 Å². The van der Waals surface area contributed by atoms with Crippen molar-refractivity contribution in [2.75, 3.05) is 13.7 Å². The van der Waals surface area contributed by atoms with Gasteiger partial charge in [-0.05, 0) is 49.0 Å². The van der Waals surface area contributed by atoms with E-state index in [4.69, 9.17) is 38.0 Å². The highest BCUT2D eigenvalue weighted by atomic mass is 35.5. The molecule has 7 nitrogen and oxygen atoms in total. The number of aromatic nitrogens is 3. The van der Waals surface area contributed by atoms with E-state index in [-0.39, 0.29) is 6.61 Å². The molecule has 0 aliphatic carbocycles. The summed E-state index contributed by atoms with van der Waals surface area (Å²) in [5.74, 6) is 2.30. The predicted molar refractivity (Wildman–Crippen MR) is 110 cm³/mol. The Bertz CT molecular complexity index is 1020. The number of rotatable bonds is 8. The van der Waals surface area contributed by atoms with Gasteiger partial charge in [0.2, 0.25) is 4.77 Å². The monoisotopic (exact) mass is 418 g/mol. The van der Waals surface area contributed by atoms with Crippen molar-refractivity contribution in [3.63, 3.8) is 0 Å². The van der Waals surface area contributed by atoms with Gasteiger partial charge in [-0.3, -0.25) is 0 Å². The van der Waals surface area contributed by atoms with Crippen molar-refractivity contribution in [1.82, 2.24) is 14.9 Å². The molecule has 3 rings (SSSR count). The lowest BCUT2D eigenvalue weighted by molar-refractivity contribution is 0.290. The highest BCUT2D eigenvalue weighted by Gasteiger charge is 2.11. The van der Waals surface area contributed by atoms with Gasteiger partial charge in [-0.2, -0.15) is 14.9 Å². The van der Waals surface area contributed by atoms with Gasteiger partial charge in [0.25, 0.3) is 0 Å². The molecular weight excluding hydrogens is 400 g/mol. The Labute approximate surface area is 172 Å². The van der Waals surface area contributed by atoms with Crippen LogP contribution in [-0.2, 0) is 6.61 Å². The van der Waals surface area contributed by atoms with Gasteiger partial charge < -0.3 is 14.2 Å². The van der Waals surface area contributed by atoms with Crippen LogP contribution < -0.4 is 14.2 Å². The Balaban J connectivity index is 1.83. The Hall–Kier alpha value is -2.84. The van der Waals surface area contributed by atoms with E-state index >= 15 is 0 Å². The summed E-state index contributed by atoms with van der Waals surface area (Å²) in [4.78, 5) is 0. The van der Waals surface area contributed by atoms with Gasteiger partial charge in [0.1, 0.15) is 12.4 Å². The first kappa shape index (κ1) is 19.9. The van der Waals surface area contributed by atoms with Crippen molar-refractivity contribution in [3.8, 4) is 17.2 Å². The Kier molecular flexibility index (Phi) is 6.67. The van der Waals surface area contributed by atoms with Gasteiger partial charge in [-0.15, -0.1) is 0 Å². The van der Waals surface area contributed by atoms with Crippen LogP contribution in [0.2, 0.25) is 5.02 Å². The SMILES string of the molecule is CCOc1cc(/C=N\n2c(COc3ccccc3)n[nH]c2=S)cc(Cl)c1OC. The molecule has 0 aliphatic rings. The van der Waals surface area contributed by atoms with Crippen LogP contribution in [-0.4, -0.2) is 34.8 Å². The molecule has 0 amide bonds. The molecule has 9 heteroatoms. The number of methoxy groups -OCH3 is 1. The molecule has 0 bridgehead atoms. The number of halogens is 1. The fourth-order valence-electron chi connectivity index (χ4n) is 2.45. The van der Waals surface area contributed by atoms with E-state index in [1.165, 1.54) is 4.68 Å². The normalized spacial score (nSPS) is 11.0. The summed E-state index contributed by atoms with van der Waals surface area (Å²) in [5, 5.41) is 11.7. The number of aromatic amines is 1. The third-order valence-electron chi connectivity index (χ3n) is 3.69. The van der Waals surface area contributed by atoms with Crippen molar-refractivity contribution < 1.29 is 14.2 Å². The maximum Gasteiger partial charge on any atom is 0.216 e. The first-order chi connectivity index (χ1) is 13.6. The zero-order valence-electron chi connectivity index (χ0n) is 15.4. The molecule has 28 heavy (non-hydrogen) atoms. The van der Waals surface area contributed by atoms with Crippen molar-refractivity contribution in [3.05, 3.63) is 63.6 Å². The van der Waals surface area contributed by atoms with E-state index in [0.717, 1.165) is 11.3 Å². The van der Waals surface area contributed by atoms with Gasteiger partial charge in [0, 0.05) is 0 Å². The van der Waals surface area contributed by atoms with E-state index in [2.05, 4.69) is 15.3 Å². The molecule has 0 saturated carbocycles. The van der Waals surface area contributed by atoms with E-state index in [1.54, 1.807) is 25.5 Å². The molecule has 0 fully saturated rings. The smallest absolute Gasteiger partial charge is 0.216 e. The van der Waals surface area contributed by atoms with E-state index in [9.17, 15) is 0 Å². The topological polar surface area (TPSA) is 73.7 Å². The lowest BCUT2D eigenvalue weighted by atomic mass is 10.2. The van der Waals surface area contributed by atoms with Crippen LogP contribution in [0.5, 0.6) is 17.2 Å². The molecule has 2 aromatic carbocycles. The zero-order chi connectivity index (χ0) is 19.9. The van der Waals surface area contributed by atoms with Crippen LogP contribution in [0, 0.1) is 4.77 Å². The predicted octanol–water partition coefficient (Wildman–Crippen LogP) is 4.46. The van der Waals surface area contributed by atoms with E-state index < -0.39 is 0 Å². The van der Waals surface area contributed by atoms with Crippen molar-refractivity contribution in [2.45, 2.75) is 13.5 Å². The van der Waals surface area contributed by atoms with Crippen LogP contribution >= 0.6 is 23.8 Å². The average Bonchev–Trinajstić information content (AvgIpc) is 3.05. The molecule has 0 unspecified atom stereocenters. The van der Waals surface area contributed by atoms with Crippen LogP contribution in [0.4, 0.5) is 0 Å². The molecule has 0 atom stereocenters. The standard InChI is InChI=1S/C19H19ClN4O3S/c1-3-26-16-10-13(9-15(20)18(16)25-2)11-21-24-17(22-23-19(24)28)12-27-14-7-5-4-6-8-14/h4-11H,3,12H2,1-2H3,(H,23,28)/b21-11-. The largest absolute Gasteiger partial charge is 0.491 e. The van der Waals surface area contributed by atoms with Crippen LogP contribution in [0.3, 0.4) is 0 Å². The lowest BCUT2D eigenvalue weighted by Crippen LogP contribution is -2.04. The highest BCUT2D eigenvalue weighted by Crippen LogP contribution is 2.35. The third kappa shape index (κ3) is 4.71. The highest BCUT2D eigenvalue weighted by molar-refractivity contribution is 7.71. The van der Waals surface area contributed by atoms with Crippen molar-refractivity contribution in [1.29, 1.82) is 0 Å². The van der Waals surface area contributed by atoms with Gasteiger partial charge in [-0.1, -0.05) is 29.8 Å². The molecule has 0 aliphatic heterocycles. The minimum absolute atomic E-state index is 0.210. The summed E-state index contributed by atoms with van der Waals surface area (Å²) in [6.07, 6.45) is 1.62. The number of nitrogens with one attached hydrogen (secondary N) is 1. The molecule has 1 heterocycles. The number of benzene rings is 2. The van der Waals surface area contributed by atoms with Gasteiger partial charge in [-0.25, -0.2) is 5.10 Å². The van der Waals surface area contributed by atoms with Gasteiger partial charge in [0.15, 0.2) is 17.3 Å². The molecule has 1 aromatic heterocycles. The number of hydrogen-bond acceptors (Lipinski definition) is 6. The summed E-state index contributed by atoms with van der Waals surface area (Å²) >= 11 is 11.5. The third-order valence-corrected chi connectivity index (χ3v) is 4.23. The number of nitrogens with zero attached hydrogens (tertiary/aromatic N) is 3. The Morgan fingerprint density at radius 2 is 2.04 bits per heavy atom. The summed E-state index contributed by atoms with van der Waals surface area (Å²) in [6, 6.07) is 13.0. The first-order valence-electron chi connectivity index (χ1n) is 8.51. The molecular formula is C19H19ClN4O3S. The average molecular weight is 419 g/mol. The second kappa shape index (κ2) is 9.38. The zero-order valence-corrected chi connectivity index (χ0v) is 17.0. The van der Waals surface area contributed by atoms with E-state index in [1.807, 2.05) is 37.3 Å². The quantitative estimate of drug-likeness (QED) is 0.431. The molecule has 3 aromatic rings. The van der Waals surface area contributed by atoms with Crippen LogP contribution in [0.25, 0.3) is 0 Å². The van der Waals surface area contributed by atoms with Gasteiger partial charge >= 0.3 is 0 Å². The summed E-state index contributed by atoms with van der Waals surface area (Å²) in [5.41, 5.74) is 0.729. The van der Waals surface area contributed by atoms with Crippen molar-refractivity contribution in [2.24, 2.45) is 5.10 Å². The fraction of sp³-hybridized carbons (Fsp3) is 0.211. The summed E-state index contributed by atoms with van der Waals surface area (Å²) < 4.78 is 18.4.